The Kier molecular flexibility index (Phi) is 4.31. The first kappa shape index (κ1) is 17.3. The Bertz CT molecular complexity index is 969. The minimum Gasteiger partial charge on any atom is -0.341 e. The van der Waals surface area contributed by atoms with E-state index in [0.29, 0.717) is 18.5 Å². The molecule has 1 aliphatic heterocycles. The standard InChI is InChI=1S/C19H25N9/c1-2-15-18-25-23-12-27(18)16-9-21-19(26-10-13(7-8-20)22-11-26)24-17(16)28(15)14-5-3-4-6-14/h9-12,14-15H,2-8,20H2,1H3/t15-/m1/s1. The van der Waals surface area contributed by atoms with E-state index in [2.05, 4.69) is 32.0 Å². The lowest BCUT2D eigenvalue weighted by Gasteiger charge is -2.40. The molecule has 9 heteroatoms. The van der Waals surface area contributed by atoms with E-state index in [0.717, 1.165) is 35.9 Å². The fourth-order valence-electron chi connectivity index (χ4n) is 4.51. The maximum absolute atomic E-state index is 5.65. The molecule has 0 bridgehead atoms. The average molecular weight is 379 g/mol. The Balaban J connectivity index is 1.62. The number of aromatic nitrogens is 7. The van der Waals surface area contributed by atoms with Gasteiger partial charge in [-0.1, -0.05) is 19.8 Å². The van der Waals surface area contributed by atoms with E-state index in [-0.39, 0.29) is 6.04 Å². The van der Waals surface area contributed by atoms with Gasteiger partial charge in [0.1, 0.15) is 18.3 Å². The number of imidazole rings is 1. The first-order valence-electron chi connectivity index (χ1n) is 10.1. The Hall–Kier alpha value is -2.81. The first-order valence-corrected chi connectivity index (χ1v) is 10.1. The van der Waals surface area contributed by atoms with Crippen molar-refractivity contribution in [2.24, 2.45) is 5.73 Å². The molecule has 0 amide bonds. The highest BCUT2D eigenvalue weighted by Gasteiger charge is 2.38. The lowest BCUT2D eigenvalue weighted by Crippen LogP contribution is -2.42. The van der Waals surface area contributed by atoms with Gasteiger partial charge in [0.2, 0.25) is 5.95 Å². The molecule has 28 heavy (non-hydrogen) atoms. The summed E-state index contributed by atoms with van der Waals surface area (Å²) in [5.74, 6) is 2.57. The number of nitrogens with two attached hydrogens (primary N) is 1. The Morgan fingerprint density at radius 1 is 1.18 bits per heavy atom. The smallest absolute Gasteiger partial charge is 0.236 e. The predicted molar refractivity (Wildman–Crippen MR) is 105 cm³/mol. The van der Waals surface area contributed by atoms with Crippen LogP contribution in [-0.4, -0.2) is 46.9 Å². The maximum Gasteiger partial charge on any atom is 0.236 e. The van der Waals surface area contributed by atoms with Gasteiger partial charge in [-0.05, 0) is 25.8 Å². The normalized spacial score (nSPS) is 19.1. The number of hydrogen-bond acceptors (Lipinski definition) is 7. The summed E-state index contributed by atoms with van der Waals surface area (Å²) in [6, 6.07) is 0.656. The molecule has 146 valence electrons. The minimum atomic E-state index is 0.177. The Labute approximate surface area is 163 Å². The number of hydrogen-bond donors (Lipinski definition) is 1. The van der Waals surface area contributed by atoms with Crippen LogP contribution in [0.2, 0.25) is 0 Å². The van der Waals surface area contributed by atoms with Gasteiger partial charge >= 0.3 is 0 Å². The van der Waals surface area contributed by atoms with E-state index < -0.39 is 0 Å². The number of fused-ring (bicyclic) bond motifs is 3. The van der Waals surface area contributed by atoms with Crippen LogP contribution in [0.25, 0.3) is 11.6 Å². The fraction of sp³-hybridized carbons (Fsp3) is 0.526. The molecule has 4 heterocycles. The molecule has 0 radical (unpaired) electrons. The minimum absolute atomic E-state index is 0.177. The number of rotatable bonds is 5. The number of anilines is 1. The van der Waals surface area contributed by atoms with Gasteiger partial charge in [0, 0.05) is 18.7 Å². The summed E-state index contributed by atoms with van der Waals surface area (Å²) in [5.41, 5.74) is 7.55. The SMILES string of the molecule is CC[C@@H]1c2nncn2-c2cnc(-n3cnc(CCN)c3)nc2N1C1CCCC1. The second-order valence-electron chi connectivity index (χ2n) is 7.52. The lowest BCUT2D eigenvalue weighted by molar-refractivity contribution is 0.468. The van der Waals surface area contributed by atoms with Crippen molar-refractivity contribution in [2.45, 2.75) is 57.5 Å². The van der Waals surface area contributed by atoms with E-state index in [1.165, 1.54) is 25.7 Å². The molecule has 0 aromatic carbocycles. The van der Waals surface area contributed by atoms with Crippen LogP contribution in [0.4, 0.5) is 5.82 Å². The van der Waals surface area contributed by atoms with E-state index in [1.54, 1.807) is 12.7 Å². The molecule has 0 saturated heterocycles. The monoisotopic (exact) mass is 379 g/mol. The van der Waals surface area contributed by atoms with Crippen LogP contribution in [0.5, 0.6) is 0 Å². The van der Waals surface area contributed by atoms with Crippen molar-refractivity contribution in [3.8, 4) is 11.6 Å². The zero-order valence-electron chi connectivity index (χ0n) is 16.1. The second kappa shape index (κ2) is 6.97. The zero-order valence-corrected chi connectivity index (χ0v) is 16.1. The topological polar surface area (TPSA) is 104 Å². The Morgan fingerprint density at radius 3 is 2.82 bits per heavy atom. The van der Waals surface area contributed by atoms with Gasteiger partial charge in [0.25, 0.3) is 0 Å². The van der Waals surface area contributed by atoms with Crippen LogP contribution in [0.3, 0.4) is 0 Å². The molecule has 3 aromatic heterocycles. The summed E-state index contributed by atoms with van der Waals surface area (Å²) in [4.78, 5) is 16.5. The van der Waals surface area contributed by atoms with Crippen molar-refractivity contribution >= 4 is 5.82 Å². The van der Waals surface area contributed by atoms with Crippen LogP contribution < -0.4 is 10.6 Å². The highest BCUT2D eigenvalue weighted by molar-refractivity contribution is 5.62. The Morgan fingerprint density at radius 2 is 2.04 bits per heavy atom. The zero-order chi connectivity index (χ0) is 19.1. The van der Waals surface area contributed by atoms with E-state index >= 15 is 0 Å². The quantitative estimate of drug-likeness (QED) is 0.722. The third-order valence-electron chi connectivity index (χ3n) is 5.82. The summed E-state index contributed by atoms with van der Waals surface area (Å²) in [5, 5.41) is 8.59. The van der Waals surface area contributed by atoms with Crippen LogP contribution in [0.15, 0.2) is 25.0 Å². The van der Waals surface area contributed by atoms with Crippen molar-refractivity contribution in [3.05, 3.63) is 36.6 Å². The molecule has 1 saturated carbocycles. The molecule has 0 unspecified atom stereocenters. The van der Waals surface area contributed by atoms with E-state index in [1.807, 2.05) is 21.5 Å². The summed E-state index contributed by atoms with van der Waals surface area (Å²) >= 11 is 0. The molecule has 3 aromatic rings. The molecule has 1 atom stereocenters. The predicted octanol–water partition coefficient (Wildman–Crippen LogP) is 1.96. The van der Waals surface area contributed by atoms with Crippen molar-refractivity contribution in [1.82, 2.24) is 34.3 Å². The highest BCUT2D eigenvalue weighted by Crippen LogP contribution is 2.42. The fourth-order valence-corrected chi connectivity index (χ4v) is 4.51. The molecule has 9 nitrogen and oxygen atoms in total. The van der Waals surface area contributed by atoms with Gasteiger partial charge in [-0.25, -0.2) is 9.97 Å². The highest BCUT2D eigenvalue weighted by atomic mass is 15.4. The molecule has 0 spiro atoms. The van der Waals surface area contributed by atoms with Crippen LogP contribution >= 0.6 is 0 Å². The summed E-state index contributed by atoms with van der Waals surface area (Å²) in [6.45, 7) is 2.78. The van der Waals surface area contributed by atoms with Crippen molar-refractivity contribution in [2.75, 3.05) is 11.4 Å². The third kappa shape index (κ3) is 2.69. The van der Waals surface area contributed by atoms with E-state index in [9.17, 15) is 0 Å². The summed E-state index contributed by atoms with van der Waals surface area (Å²) in [6.07, 6.45) is 14.0. The molecule has 2 N–H and O–H groups in total. The third-order valence-corrected chi connectivity index (χ3v) is 5.82. The van der Waals surface area contributed by atoms with Gasteiger partial charge in [0.05, 0.1) is 17.9 Å². The van der Waals surface area contributed by atoms with E-state index in [4.69, 9.17) is 10.7 Å². The van der Waals surface area contributed by atoms with Crippen LogP contribution in [0, 0.1) is 0 Å². The average Bonchev–Trinajstić information content (AvgIpc) is 3.47. The molecule has 1 fully saturated rings. The maximum atomic E-state index is 5.65. The second-order valence-corrected chi connectivity index (χ2v) is 7.52. The van der Waals surface area contributed by atoms with Crippen LogP contribution in [0.1, 0.15) is 56.6 Å². The largest absolute Gasteiger partial charge is 0.341 e. The van der Waals surface area contributed by atoms with Crippen molar-refractivity contribution in [3.63, 3.8) is 0 Å². The molecule has 2 aliphatic rings. The summed E-state index contributed by atoms with van der Waals surface area (Å²) < 4.78 is 3.91. The molecule has 1 aliphatic carbocycles. The lowest BCUT2D eigenvalue weighted by atomic mass is 10.0. The van der Waals surface area contributed by atoms with Crippen molar-refractivity contribution in [1.29, 1.82) is 0 Å². The van der Waals surface area contributed by atoms with Gasteiger partial charge < -0.3 is 10.6 Å². The van der Waals surface area contributed by atoms with Crippen molar-refractivity contribution < 1.29 is 0 Å². The first-order chi connectivity index (χ1) is 13.8. The summed E-state index contributed by atoms with van der Waals surface area (Å²) in [7, 11) is 0. The number of nitrogens with zero attached hydrogens (tertiary/aromatic N) is 8. The van der Waals surface area contributed by atoms with Gasteiger partial charge in [0.15, 0.2) is 11.6 Å². The molecule has 5 rings (SSSR count). The molecular weight excluding hydrogens is 354 g/mol. The molecular formula is C19H25N9. The van der Waals surface area contributed by atoms with Gasteiger partial charge in [-0.2, -0.15) is 4.98 Å². The van der Waals surface area contributed by atoms with Crippen LogP contribution in [-0.2, 0) is 6.42 Å². The van der Waals surface area contributed by atoms with Gasteiger partial charge in [-0.3, -0.25) is 9.13 Å². The van der Waals surface area contributed by atoms with Gasteiger partial charge in [-0.15, -0.1) is 10.2 Å².